The Labute approximate surface area is 203 Å². The largest absolute Gasteiger partial charge is 0.193 e. The highest BCUT2D eigenvalue weighted by Gasteiger charge is 2.22. The molecule has 0 bridgehead atoms. The first-order valence-electron chi connectivity index (χ1n) is 13.8. The number of unbranched alkanes of at least 4 members (excludes halogenated alkanes) is 4. The number of nitriles is 1. The third kappa shape index (κ3) is 9.37. The van der Waals surface area contributed by atoms with E-state index < -0.39 is 0 Å². The van der Waals surface area contributed by atoms with Gasteiger partial charge in [-0.1, -0.05) is 87.3 Å². The lowest BCUT2D eigenvalue weighted by Crippen LogP contribution is -2.14. The van der Waals surface area contributed by atoms with Crippen molar-refractivity contribution in [1.82, 2.24) is 0 Å². The number of rotatable bonds is 11. The van der Waals surface area contributed by atoms with E-state index in [9.17, 15) is 0 Å². The summed E-state index contributed by atoms with van der Waals surface area (Å²) in [6.45, 7) is 2.29. The van der Waals surface area contributed by atoms with E-state index in [0.29, 0.717) is 5.92 Å². The molecule has 2 aliphatic carbocycles. The molecule has 178 valence electrons. The second-order valence-corrected chi connectivity index (χ2v) is 10.5. The van der Waals surface area contributed by atoms with Crippen LogP contribution in [0.25, 0.3) is 0 Å². The second kappa shape index (κ2) is 15.0. The number of nitrogens with zero attached hydrogens (tertiary/aromatic N) is 1. The molecule has 0 amide bonds. The Bertz CT molecular complexity index is 775. The molecular formula is C32H45N. The molecule has 0 heterocycles. The van der Waals surface area contributed by atoms with Gasteiger partial charge in [0.1, 0.15) is 0 Å². The molecule has 1 aromatic carbocycles. The Kier molecular flexibility index (Phi) is 11.6. The molecule has 3 rings (SSSR count). The molecule has 0 unspecified atom stereocenters. The molecule has 0 saturated heterocycles. The van der Waals surface area contributed by atoms with Crippen molar-refractivity contribution in [2.45, 2.75) is 103 Å². The summed E-state index contributed by atoms with van der Waals surface area (Å²) in [5.41, 5.74) is 3.10. The van der Waals surface area contributed by atoms with Gasteiger partial charge in [0.15, 0.2) is 0 Å². The minimum Gasteiger partial charge on any atom is -0.193 e. The highest BCUT2D eigenvalue weighted by atomic mass is 14.3. The molecule has 2 aliphatic rings. The Hall–Kier alpha value is -2.07. The van der Waals surface area contributed by atoms with Crippen LogP contribution in [0.4, 0.5) is 0 Å². The van der Waals surface area contributed by atoms with Crippen LogP contribution in [0.2, 0.25) is 0 Å². The van der Waals surface area contributed by atoms with Crippen LogP contribution in [-0.2, 0) is 6.42 Å². The molecule has 1 heteroatoms. The standard InChI is InChI=1S/C32H45N/c1-2-3-4-5-7-10-28-18-22-31(23-19-28)32-24-20-30(21-25-32)17-16-29-14-12-27(13-15-29)11-8-6-9-26-33/h6,8-9,11,16-19,22-23,27,29-30,32H,2-5,7,10,12-15,20-21,24-25H2,1H3/b9-6?,11-8?,17-16+. The summed E-state index contributed by atoms with van der Waals surface area (Å²) in [6, 6.07) is 11.7. The molecule has 2 saturated carbocycles. The van der Waals surface area contributed by atoms with Crippen molar-refractivity contribution in [1.29, 1.82) is 5.26 Å². The van der Waals surface area contributed by atoms with Gasteiger partial charge in [-0.2, -0.15) is 5.26 Å². The minimum absolute atomic E-state index is 0.695. The number of hydrogen-bond donors (Lipinski definition) is 0. The molecule has 0 atom stereocenters. The van der Waals surface area contributed by atoms with Gasteiger partial charge in [0, 0.05) is 6.08 Å². The van der Waals surface area contributed by atoms with Crippen LogP contribution in [0.15, 0.2) is 60.7 Å². The van der Waals surface area contributed by atoms with Crippen LogP contribution in [0.3, 0.4) is 0 Å². The summed E-state index contributed by atoms with van der Waals surface area (Å²) in [6.07, 6.45) is 31.5. The fourth-order valence-electron chi connectivity index (χ4n) is 5.70. The maximum Gasteiger partial charge on any atom is 0.0912 e. The van der Waals surface area contributed by atoms with E-state index in [0.717, 1.165) is 17.8 Å². The van der Waals surface area contributed by atoms with E-state index >= 15 is 0 Å². The van der Waals surface area contributed by atoms with Crippen molar-refractivity contribution in [3.05, 3.63) is 71.8 Å². The average Bonchev–Trinajstić information content (AvgIpc) is 2.87. The number of hydrogen-bond acceptors (Lipinski definition) is 1. The average molecular weight is 444 g/mol. The summed E-state index contributed by atoms with van der Waals surface area (Å²) in [4.78, 5) is 0. The van der Waals surface area contributed by atoms with Gasteiger partial charge in [-0.25, -0.2) is 0 Å². The Balaban J connectivity index is 1.34. The topological polar surface area (TPSA) is 23.8 Å². The highest BCUT2D eigenvalue weighted by Crippen LogP contribution is 2.37. The van der Waals surface area contributed by atoms with E-state index in [-0.39, 0.29) is 0 Å². The Morgan fingerprint density at radius 2 is 1.30 bits per heavy atom. The first-order chi connectivity index (χ1) is 16.3. The van der Waals surface area contributed by atoms with Crippen molar-refractivity contribution >= 4 is 0 Å². The fraction of sp³-hybridized carbons (Fsp3) is 0.594. The van der Waals surface area contributed by atoms with Crippen molar-refractivity contribution < 1.29 is 0 Å². The number of allylic oxidation sites excluding steroid dienone is 6. The maximum atomic E-state index is 8.55. The SMILES string of the molecule is CCCCCCCc1ccc(C2CCC(/C=C/C3CCC(C=CC=CC#N)CC3)CC2)cc1. The van der Waals surface area contributed by atoms with E-state index in [2.05, 4.69) is 49.4 Å². The molecule has 33 heavy (non-hydrogen) atoms. The fourth-order valence-corrected chi connectivity index (χ4v) is 5.70. The van der Waals surface area contributed by atoms with Crippen LogP contribution >= 0.6 is 0 Å². The van der Waals surface area contributed by atoms with Crippen molar-refractivity contribution in [3.8, 4) is 6.07 Å². The van der Waals surface area contributed by atoms with Gasteiger partial charge in [-0.05, 0) is 99.0 Å². The van der Waals surface area contributed by atoms with E-state index in [4.69, 9.17) is 5.26 Å². The number of aryl methyl sites for hydroxylation is 1. The molecule has 0 N–H and O–H groups in total. The van der Waals surface area contributed by atoms with Crippen LogP contribution in [0.5, 0.6) is 0 Å². The normalized spacial score (nSPS) is 26.3. The summed E-state index contributed by atoms with van der Waals surface area (Å²) in [5.74, 6) is 3.03. The van der Waals surface area contributed by atoms with Crippen LogP contribution in [-0.4, -0.2) is 0 Å². The first kappa shape index (κ1) is 25.6. The van der Waals surface area contributed by atoms with Crippen molar-refractivity contribution in [2.24, 2.45) is 17.8 Å². The lowest BCUT2D eigenvalue weighted by molar-refractivity contribution is 0.348. The van der Waals surface area contributed by atoms with Gasteiger partial charge < -0.3 is 0 Å². The molecule has 2 fully saturated rings. The summed E-state index contributed by atoms with van der Waals surface area (Å²) >= 11 is 0. The predicted molar refractivity (Wildman–Crippen MR) is 142 cm³/mol. The second-order valence-electron chi connectivity index (χ2n) is 10.5. The lowest BCUT2D eigenvalue weighted by Gasteiger charge is -2.28. The van der Waals surface area contributed by atoms with Crippen molar-refractivity contribution in [2.75, 3.05) is 0 Å². The molecule has 1 aromatic rings. The summed E-state index contributed by atoms with van der Waals surface area (Å²) in [7, 11) is 0. The highest BCUT2D eigenvalue weighted by molar-refractivity contribution is 5.26. The Morgan fingerprint density at radius 3 is 1.91 bits per heavy atom. The zero-order chi connectivity index (χ0) is 23.1. The van der Waals surface area contributed by atoms with E-state index in [1.54, 1.807) is 11.6 Å². The predicted octanol–water partition coefficient (Wildman–Crippen LogP) is 9.47. The van der Waals surface area contributed by atoms with Gasteiger partial charge in [-0.15, -0.1) is 0 Å². The lowest BCUT2D eigenvalue weighted by atomic mass is 9.77. The third-order valence-electron chi connectivity index (χ3n) is 7.93. The molecule has 1 nitrogen and oxygen atoms in total. The third-order valence-corrected chi connectivity index (χ3v) is 7.93. The molecule has 0 aromatic heterocycles. The first-order valence-corrected chi connectivity index (χ1v) is 13.8. The summed E-state index contributed by atoms with van der Waals surface area (Å²) in [5, 5.41) is 8.55. The summed E-state index contributed by atoms with van der Waals surface area (Å²) < 4.78 is 0. The van der Waals surface area contributed by atoms with Crippen LogP contribution in [0.1, 0.15) is 107 Å². The zero-order valence-corrected chi connectivity index (χ0v) is 20.9. The van der Waals surface area contributed by atoms with E-state index in [1.807, 2.05) is 18.2 Å². The molecule has 0 aliphatic heterocycles. The molecule has 0 spiro atoms. The van der Waals surface area contributed by atoms with Gasteiger partial charge in [0.05, 0.1) is 6.07 Å². The zero-order valence-electron chi connectivity index (χ0n) is 20.9. The van der Waals surface area contributed by atoms with Gasteiger partial charge >= 0.3 is 0 Å². The van der Waals surface area contributed by atoms with Gasteiger partial charge in [0.2, 0.25) is 0 Å². The monoisotopic (exact) mass is 443 g/mol. The maximum absolute atomic E-state index is 8.55. The minimum atomic E-state index is 0.695. The quantitative estimate of drug-likeness (QED) is 0.144. The van der Waals surface area contributed by atoms with Gasteiger partial charge in [-0.3, -0.25) is 0 Å². The van der Waals surface area contributed by atoms with Crippen molar-refractivity contribution in [3.63, 3.8) is 0 Å². The molecular weight excluding hydrogens is 398 g/mol. The number of benzene rings is 1. The smallest absolute Gasteiger partial charge is 0.0912 e. The van der Waals surface area contributed by atoms with Crippen LogP contribution in [0, 0.1) is 29.1 Å². The Morgan fingerprint density at radius 1 is 0.727 bits per heavy atom. The van der Waals surface area contributed by atoms with Crippen LogP contribution < -0.4 is 0 Å². The molecule has 0 radical (unpaired) electrons. The van der Waals surface area contributed by atoms with Gasteiger partial charge in [0.25, 0.3) is 0 Å². The van der Waals surface area contributed by atoms with E-state index in [1.165, 1.54) is 95.5 Å².